The van der Waals surface area contributed by atoms with E-state index >= 15 is 0 Å². The van der Waals surface area contributed by atoms with Gasteiger partial charge in [0.25, 0.3) is 5.91 Å². The third-order valence-corrected chi connectivity index (χ3v) is 3.29. The largest absolute Gasteiger partial charge is 0.364 e. The van der Waals surface area contributed by atoms with Crippen LogP contribution in [0.3, 0.4) is 0 Å². The zero-order chi connectivity index (χ0) is 12.3. The maximum absolute atomic E-state index is 11.9. The Balaban J connectivity index is 2.07. The van der Waals surface area contributed by atoms with Gasteiger partial charge >= 0.3 is 0 Å². The van der Waals surface area contributed by atoms with Crippen LogP contribution in [0, 0.1) is 6.92 Å². The number of aromatic nitrogens is 1. The summed E-state index contributed by atoms with van der Waals surface area (Å²) < 4.78 is 5.61. The van der Waals surface area contributed by atoms with Gasteiger partial charge in [0.15, 0.2) is 0 Å². The normalized spacial score (nSPS) is 10.2. The number of rotatable bonds is 3. The molecule has 0 aliphatic rings. The molecule has 1 N–H and O–H groups in total. The van der Waals surface area contributed by atoms with Gasteiger partial charge in [-0.05, 0) is 24.6 Å². The van der Waals surface area contributed by atoms with Gasteiger partial charge in [0.05, 0.1) is 6.54 Å². The first-order chi connectivity index (χ1) is 8.18. The van der Waals surface area contributed by atoms with Crippen molar-refractivity contribution in [3.8, 4) is 0 Å². The maximum atomic E-state index is 11.9. The number of hydrogen-bond acceptors (Lipinski definition) is 3. The van der Waals surface area contributed by atoms with Crippen LogP contribution in [0.1, 0.15) is 21.6 Å². The second-order valence-electron chi connectivity index (χ2n) is 3.59. The van der Waals surface area contributed by atoms with Crippen molar-refractivity contribution in [1.82, 2.24) is 10.5 Å². The third kappa shape index (κ3) is 2.74. The van der Waals surface area contributed by atoms with Gasteiger partial charge < -0.3 is 9.84 Å². The van der Waals surface area contributed by atoms with E-state index in [2.05, 4.69) is 30.9 Å². The monoisotopic (exact) mass is 294 g/mol. The molecule has 2 rings (SSSR count). The van der Waals surface area contributed by atoms with Crippen LogP contribution in [0.15, 0.2) is 39.5 Å². The van der Waals surface area contributed by atoms with E-state index in [0.717, 1.165) is 10.0 Å². The summed E-state index contributed by atoms with van der Waals surface area (Å²) in [5, 5.41) is 6.51. The van der Waals surface area contributed by atoms with Crippen molar-refractivity contribution in [2.75, 3.05) is 0 Å². The summed E-state index contributed by atoms with van der Waals surface area (Å²) in [7, 11) is 0. The van der Waals surface area contributed by atoms with Gasteiger partial charge in [-0.25, -0.2) is 0 Å². The minimum atomic E-state index is -0.119. The van der Waals surface area contributed by atoms with Gasteiger partial charge in [-0.2, -0.15) is 0 Å². The molecule has 1 aromatic heterocycles. The molecule has 0 unspecified atom stereocenters. The van der Waals surface area contributed by atoms with E-state index in [9.17, 15) is 4.79 Å². The molecule has 88 valence electrons. The molecule has 1 amide bonds. The number of nitrogens with zero attached hydrogens (tertiary/aromatic N) is 1. The van der Waals surface area contributed by atoms with Crippen molar-refractivity contribution in [2.24, 2.45) is 0 Å². The summed E-state index contributed by atoms with van der Waals surface area (Å²) >= 11 is 3.40. The minimum absolute atomic E-state index is 0.119. The molecule has 4 nitrogen and oxygen atoms in total. The van der Waals surface area contributed by atoms with Crippen molar-refractivity contribution < 1.29 is 9.32 Å². The van der Waals surface area contributed by atoms with E-state index < -0.39 is 0 Å². The zero-order valence-electron chi connectivity index (χ0n) is 9.24. The van der Waals surface area contributed by atoms with Crippen molar-refractivity contribution in [3.63, 3.8) is 0 Å². The Bertz CT molecular complexity index is 523. The topological polar surface area (TPSA) is 55.1 Å². The molecular formula is C12H11BrN2O2. The van der Waals surface area contributed by atoms with E-state index in [1.165, 1.54) is 6.26 Å². The van der Waals surface area contributed by atoms with E-state index in [0.29, 0.717) is 17.8 Å². The lowest BCUT2D eigenvalue weighted by atomic mass is 10.1. The summed E-state index contributed by atoms with van der Waals surface area (Å²) in [6.07, 6.45) is 1.48. The lowest BCUT2D eigenvalue weighted by Crippen LogP contribution is -2.23. The molecule has 0 aliphatic carbocycles. The average molecular weight is 295 g/mol. The summed E-state index contributed by atoms with van der Waals surface area (Å²) in [5.74, 6) is -0.119. The molecule has 0 fully saturated rings. The molecule has 1 heterocycles. The number of carbonyl (C=O) groups excluding carboxylic acids is 1. The molecule has 2 aromatic rings. The molecule has 0 saturated carbocycles. The molecule has 17 heavy (non-hydrogen) atoms. The van der Waals surface area contributed by atoms with Crippen LogP contribution in [0.4, 0.5) is 0 Å². The number of benzene rings is 1. The van der Waals surface area contributed by atoms with E-state index in [1.807, 2.05) is 19.1 Å². The second-order valence-corrected chi connectivity index (χ2v) is 4.44. The highest BCUT2D eigenvalue weighted by Gasteiger charge is 2.10. The fraction of sp³-hybridized carbons (Fsp3) is 0.167. The zero-order valence-corrected chi connectivity index (χ0v) is 10.8. The predicted molar refractivity (Wildman–Crippen MR) is 66.6 cm³/mol. The molecule has 0 saturated heterocycles. The number of halogens is 1. The standard InChI is InChI=1S/C12H11BrN2O2/c1-8-10(3-2-4-11(8)13)12(16)14-7-9-5-6-17-15-9/h2-6H,7H2,1H3,(H,14,16). The molecule has 0 aliphatic heterocycles. The molecule has 1 aromatic carbocycles. The Morgan fingerprint density at radius 1 is 1.47 bits per heavy atom. The molecular weight excluding hydrogens is 284 g/mol. The molecule has 5 heteroatoms. The summed E-state index contributed by atoms with van der Waals surface area (Å²) in [5.41, 5.74) is 2.28. The molecule has 0 radical (unpaired) electrons. The van der Waals surface area contributed by atoms with Crippen molar-refractivity contribution in [2.45, 2.75) is 13.5 Å². The summed E-state index contributed by atoms with van der Waals surface area (Å²) in [6, 6.07) is 7.25. The number of amides is 1. The second kappa shape index (κ2) is 5.14. The highest BCUT2D eigenvalue weighted by atomic mass is 79.9. The van der Waals surface area contributed by atoms with Crippen LogP contribution in [-0.4, -0.2) is 11.1 Å². The first-order valence-corrected chi connectivity index (χ1v) is 5.90. The fourth-order valence-electron chi connectivity index (χ4n) is 1.45. The van der Waals surface area contributed by atoms with Crippen LogP contribution in [-0.2, 0) is 6.54 Å². The highest BCUT2D eigenvalue weighted by molar-refractivity contribution is 9.10. The highest BCUT2D eigenvalue weighted by Crippen LogP contribution is 2.19. The summed E-state index contributed by atoms with van der Waals surface area (Å²) in [4.78, 5) is 11.9. The Morgan fingerprint density at radius 2 is 2.29 bits per heavy atom. The Labute approximate surface area is 107 Å². The van der Waals surface area contributed by atoms with Gasteiger partial charge in [0.2, 0.25) is 0 Å². The van der Waals surface area contributed by atoms with Gasteiger partial charge in [-0.3, -0.25) is 4.79 Å². The average Bonchev–Trinajstić information content (AvgIpc) is 2.82. The number of hydrogen-bond donors (Lipinski definition) is 1. The maximum Gasteiger partial charge on any atom is 0.251 e. The van der Waals surface area contributed by atoms with Crippen molar-refractivity contribution in [1.29, 1.82) is 0 Å². The Morgan fingerprint density at radius 3 is 3.00 bits per heavy atom. The Kier molecular flexibility index (Phi) is 3.58. The van der Waals surface area contributed by atoms with Crippen LogP contribution in [0.2, 0.25) is 0 Å². The smallest absolute Gasteiger partial charge is 0.251 e. The SMILES string of the molecule is Cc1c(Br)cccc1C(=O)NCc1ccon1. The van der Waals surface area contributed by atoms with Gasteiger partial charge in [0, 0.05) is 16.1 Å². The first-order valence-electron chi connectivity index (χ1n) is 5.11. The van der Waals surface area contributed by atoms with E-state index in [-0.39, 0.29) is 5.91 Å². The molecule has 0 spiro atoms. The third-order valence-electron chi connectivity index (χ3n) is 2.43. The quantitative estimate of drug-likeness (QED) is 0.947. The van der Waals surface area contributed by atoms with Crippen LogP contribution in [0.5, 0.6) is 0 Å². The van der Waals surface area contributed by atoms with Crippen LogP contribution < -0.4 is 5.32 Å². The molecule has 0 bridgehead atoms. The van der Waals surface area contributed by atoms with Crippen LogP contribution in [0.25, 0.3) is 0 Å². The fourth-order valence-corrected chi connectivity index (χ4v) is 1.81. The first kappa shape index (κ1) is 11.9. The van der Waals surface area contributed by atoms with Gasteiger partial charge in [0.1, 0.15) is 12.0 Å². The Hall–Kier alpha value is -1.62. The number of carbonyl (C=O) groups is 1. The van der Waals surface area contributed by atoms with Crippen molar-refractivity contribution >= 4 is 21.8 Å². The van der Waals surface area contributed by atoms with E-state index in [4.69, 9.17) is 0 Å². The lowest BCUT2D eigenvalue weighted by molar-refractivity contribution is 0.0949. The van der Waals surface area contributed by atoms with E-state index in [1.54, 1.807) is 12.1 Å². The summed E-state index contributed by atoms with van der Waals surface area (Å²) in [6.45, 7) is 2.26. The molecule has 0 atom stereocenters. The lowest BCUT2D eigenvalue weighted by Gasteiger charge is -2.07. The van der Waals surface area contributed by atoms with Gasteiger partial charge in [-0.1, -0.05) is 27.2 Å². The predicted octanol–water partition coefficient (Wildman–Crippen LogP) is 2.68. The van der Waals surface area contributed by atoms with Crippen LogP contribution >= 0.6 is 15.9 Å². The minimum Gasteiger partial charge on any atom is -0.364 e. The van der Waals surface area contributed by atoms with Gasteiger partial charge in [-0.15, -0.1) is 0 Å². The van der Waals surface area contributed by atoms with Crippen molar-refractivity contribution in [3.05, 3.63) is 51.8 Å². The number of nitrogens with one attached hydrogen (secondary N) is 1.